The van der Waals surface area contributed by atoms with Crippen LogP contribution in [-0.2, 0) is 0 Å². The van der Waals surface area contributed by atoms with E-state index in [1.807, 2.05) is 103 Å². The lowest BCUT2D eigenvalue weighted by atomic mass is 10.00. The van der Waals surface area contributed by atoms with E-state index in [2.05, 4.69) is 97.1 Å². The van der Waals surface area contributed by atoms with Crippen molar-refractivity contribution in [3.05, 3.63) is 234 Å². The highest BCUT2D eigenvalue weighted by atomic mass is 14.8. The van der Waals surface area contributed by atoms with Crippen molar-refractivity contribution in [3.63, 3.8) is 0 Å². The highest BCUT2D eigenvalue weighted by Gasteiger charge is 2.12. The average molecular weight is 616 g/mol. The third-order valence-corrected chi connectivity index (χ3v) is 7.95. The van der Waals surface area contributed by atoms with Gasteiger partial charge < -0.3 is 0 Å². The Morgan fingerprint density at radius 3 is 0.688 bits per heavy atom. The lowest BCUT2D eigenvalue weighted by molar-refractivity contribution is 1.44. The largest absolute Gasteiger partial charge is 0.248 e. The second-order valence-electron chi connectivity index (χ2n) is 11.3. The summed E-state index contributed by atoms with van der Waals surface area (Å²) < 4.78 is 0. The van der Waals surface area contributed by atoms with Gasteiger partial charge in [0, 0.05) is 33.4 Å². The SMILES string of the molecule is c1ccc(N=C(c2ccc(N=C(c3ccccc3)c3ccccc3)cc2)c2ccc(N=C(c3ccccc3)c3ccccc3)cc2)cc1. The van der Waals surface area contributed by atoms with Crippen molar-refractivity contribution >= 4 is 34.2 Å². The summed E-state index contributed by atoms with van der Waals surface area (Å²) in [5.41, 5.74) is 11.7. The molecule has 48 heavy (non-hydrogen) atoms. The predicted octanol–water partition coefficient (Wildman–Crippen LogP) is 11.2. The van der Waals surface area contributed by atoms with E-state index in [1.165, 1.54) is 0 Å². The molecule has 0 aliphatic rings. The summed E-state index contributed by atoms with van der Waals surface area (Å²) in [5, 5.41) is 0. The van der Waals surface area contributed by atoms with Crippen LogP contribution in [0.3, 0.4) is 0 Å². The number of rotatable bonds is 9. The molecule has 0 aromatic heterocycles. The summed E-state index contributed by atoms with van der Waals surface area (Å²) >= 11 is 0. The summed E-state index contributed by atoms with van der Waals surface area (Å²) in [6.07, 6.45) is 0. The molecule has 0 spiro atoms. The third kappa shape index (κ3) is 7.33. The maximum absolute atomic E-state index is 5.12. The van der Waals surface area contributed by atoms with Gasteiger partial charge in [-0.25, -0.2) is 15.0 Å². The molecule has 0 fully saturated rings. The molecule has 0 heterocycles. The molecule has 3 nitrogen and oxygen atoms in total. The van der Waals surface area contributed by atoms with E-state index in [1.54, 1.807) is 0 Å². The minimum atomic E-state index is 0.875. The normalized spacial score (nSPS) is 10.5. The maximum Gasteiger partial charge on any atom is 0.0781 e. The second kappa shape index (κ2) is 14.8. The predicted molar refractivity (Wildman–Crippen MR) is 201 cm³/mol. The smallest absolute Gasteiger partial charge is 0.0781 e. The molecule has 3 heteroatoms. The molecule has 7 rings (SSSR count). The van der Waals surface area contributed by atoms with Crippen molar-refractivity contribution < 1.29 is 0 Å². The maximum atomic E-state index is 5.12. The van der Waals surface area contributed by atoms with E-state index in [9.17, 15) is 0 Å². The van der Waals surface area contributed by atoms with Gasteiger partial charge in [-0.1, -0.05) is 164 Å². The van der Waals surface area contributed by atoms with Crippen LogP contribution in [0.2, 0.25) is 0 Å². The Bertz CT molecular complexity index is 1930. The highest BCUT2D eigenvalue weighted by molar-refractivity contribution is 6.16. The van der Waals surface area contributed by atoms with E-state index in [-0.39, 0.29) is 0 Å². The zero-order valence-corrected chi connectivity index (χ0v) is 26.4. The van der Waals surface area contributed by atoms with Crippen LogP contribution in [0.1, 0.15) is 33.4 Å². The topological polar surface area (TPSA) is 37.1 Å². The quantitative estimate of drug-likeness (QED) is 0.145. The highest BCUT2D eigenvalue weighted by Crippen LogP contribution is 2.25. The van der Waals surface area contributed by atoms with E-state index in [0.29, 0.717) is 0 Å². The molecule has 0 N–H and O–H groups in total. The number of hydrogen-bond acceptors (Lipinski definition) is 3. The van der Waals surface area contributed by atoms with Crippen LogP contribution in [0, 0.1) is 0 Å². The molecule has 0 saturated carbocycles. The van der Waals surface area contributed by atoms with Crippen molar-refractivity contribution in [1.82, 2.24) is 0 Å². The van der Waals surface area contributed by atoms with Crippen LogP contribution in [0.5, 0.6) is 0 Å². The molecule has 0 saturated heterocycles. The molecule has 0 amide bonds. The van der Waals surface area contributed by atoms with Crippen LogP contribution in [-0.4, -0.2) is 17.1 Å². The molecule has 0 bridgehead atoms. The molecular weight excluding hydrogens is 583 g/mol. The molecule has 7 aromatic carbocycles. The number of benzene rings is 7. The lowest BCUT2D eigenvalue weighted by Gasteiger charge is -2.11. The Hall–Kier alpha value is -6.45. The minimum absolute atomic E-state index is 0.875. The van der Waals surface area contributed by atoms with Gasteiger partial charge in [-0.05, 0) is 36.4 Å². The van der Waals surface area contributed by atoms with Gasteiger partial charge in [0.25, 0.3) is 0 Å². The average Bonchev–Trinajstić information content (AvgIpc) is 3.17. The second-order valence-corrected chi connectivity index (χ2v) is 11.3. The third-order valence-electron chi connectivity index (χ3n) is 7.95. The van der Waals surface area contributed by atoms with Gasteiger partial charge in [-0.3, -0.25) is 0 Å². The van der Waals surface area contributed by atoms with Crippen molar-refractivity contribution in [2.24, 2.45) is 15.0 Å². The van der Waals surface area contributed by atoms with Crippen LogP contribution in [0.15, 0.2) is 215 Å². The van der Waals surface area contributed by atoms with E-state index < -0.39 is 0 Å². The molecule has 7 aromatic rings. The standard InChI is InChI=1S/C45H33N3/c1-6-16-34(17-7-1)43(35-18-8-2-9-19-35)47-41-30-26-38(27-31-41)45(46-40-24-14-5-15-25-40)39-28-32-42(33-29-39)48-44(36-20-10-3-11-21-36)37-22-12-4-13-23-37/h1-33H. The molecule has 0 radical (unpaired) electrons. The summed E-state index contributed by atoms with van der Waals surface area (Å²) in [6.45, 7) is 0. The first-order chi connectivity index (χ1) is 23.8. The Morgan fingerprint density at radius 1 is 0.208 bits per heavy atom. The van der Waals surface area contributed by atoms with Crippen LogP contribution in [0.4, 0.5) is 17.1 Å². The van der Waals surface area contributed by atoms with E-state index in [4.69, 9.17) is 15.0 Å². The van der Waals surface area contributed by atoms with Gasteiger partial charge in [0.05, 0.1) is 34.2 Å². The summed E-state index contributed by atoms with van der Waals surface area (Å²) in [6, 6.07) is 68.0. The number of hydrogen-bond donors (Lipinski definition) is 0. The minimum Gasteiger partial charge on any atom is -0.248 e. The van der Waals surface area contributed by atoms with E-state index >= 15 is 0 Å². The molecular formula is C45H33N3. The molecule has 0 aliphatic carbocycles. The summed E-state index contributed by atoms with van der Waals surface area (Å²) in [4.78, 5) is 15.3. The first-order valence-electron chi connectivity index (χ1n) is 16.0. The Balaban J connectivity index is 1.25. The number of aliphatic imine (C=N–C) groups is 3. The molecule has 0 unspecified atom stereocenters. The number of nitrogens with zero attached hydrogens (tertiary/aromatic N) is 3. The van der Waals surface area contributed by atoms with Crippen molar-refractivity contribution in [2.45, 2.75) is 0 Å². The van der Waals surface area contributed by atoms with Crippen LogP contribution >= 0.6 is 0 Å². The lowest BCUT2D eigenvalue weighted by Crippen LogP contribution is -2.04. The first-order valence-corrected chi connectivity index (χ1v) is 16.0. The van der Waals surface area contributed by atoms with Gasteiger partial charge >= 0.3 is 0 Å². The fourth-order valence-corrected chi connectivity index (χ4v) is 5.55. The van der Waals surface area contributed by atoms with Gasteiger partial charge in [0.1, 0.15) is 0 Å². The Morgan fingerprint density at radius 2 is 0.417 bits per heavy atom. The van der Waals surface area contributed by atoms with Gasteiger partial charge in [-0.2, -0.15) is 0 Å². The van der Waals surface area contributed by atoms with Gasteiger partial charge in [-0.15, -0.1) is 0 Å². The van der Waals surface area contributed by atoms with Crippen LogP contribution < -0.4 is 0 Å². The molecule has 0 atom stereocenters. The zero-order chi connectivity index (χ0) is 32.4. The van der Waals surface area contributed by atoms with Gasteiger partial charge in [0.15, 0.2) is 0 Å². The van der Waals surface area contributed by atoms with Gasteiger partial charge in [0.2, 0.25) is 0 Å². The Labute approximate surface area is 282 Å². The zero-order valence-electron chi connectivity index (χ0n) is 26.4. The first kappa shape index (κ1) is 30.2. The van der Waals surface area contributed by atoms with Crippen molar-refractivity contribution in [1.29, 1.82) is 0 Å². The molecule has 0 aliphatic heterocycles. The Kier molecular flexibility index (Phi) is 9.29. The monoisotopic (exact) mass is 615 g/mol. The number of para-hydroxylation sites is 1. The van der Waals surface area contributed by atoms with Crippen LogP contribution in [0.25, 0.3) is 0 Å². The summed E-state index contributed by atoms with van der Waals surface area (Å²) in [7, 11) is 0. The fourth-order valence-electron chi connectivity index (χ4n) is 5.55. The molecule has 228 valence electrons. The fraction of sp³-hybridized carbons (Fsp3) is 0. The van der Waals surface area contributed by atoms with Crippen molar-refractivity contribution in [3.8, 4) is 0 Å². The van der Waals surface area contributed by atoms with Crippen molar-refractivity contribution in [2.75, 3.05) is 0 Å². The van der Waals surface area contributed by atoms with E-state index in [0.717, 1.165) is 67.6 Å². The summed E-state index contributed by atoms with van der Waals surface area (Å²) in [5.74, 6) is 0.